The van der Waals surface area contributed by atoms with Gasteiger partial charge in [0.25, 0.3) is 0 Å². The van der Waals surface area contributed by atoms with Crippen molar-refractivity contribution < 1.29 is 13.2 Å². The Morgan fingerprint density at radius 1 is 1.06 bits per heavy atom. The first kappa shape index (κ1) is 12.6. The summed E-state index contributed by atoms with van der Waals surface area (Å²) in [5.41, 5.74) is -1.73. The lowest BCUT2D eigenvalue weighted by Gasteiger charge is -2.32. The minimum absolute atomic E-state index is 0.0312. The Hall–Kier alpha value is -0.390. The monoisotopic (exact) mass is 278 g/mol. The molecule has 1 aliphatic heterocycles. The fraction of sp³-hybridized carbons (Fsp3) is 0.917. The van der Waals surface area contributed by atoms with Crippen LogP contribution in [-0.4, -0.2) is 28.2 Å². The molecule has 6 heteroatoms. The summed E-state index contributed by atoms with van der Waals surface area (Å²) in [7, 11) is 0. The molecule has 3 rings (SSSR count). The van der Waals surface area contributed by atoms with Crippen molar-refractivity contribution >= 4 is 16.9 Å². The molecule has 1 heterocycles. The lowest BCUT2D eigenvalue weighted by Crippen LogP contribution is -2.45. The van der Waals surface area contributed by atoms with Crippen LogP contribution in [0.3, 0.4) is 0 Å². The minimum Gasteiger partial charge on any atom is -0.359 e. The quantitative estimate of drug-likeness (QED) is 0.794. The first-order valence-electron chi connectivity index (χ1n) is 6.52. The number of hydrogen-bond donors (Lipinski definition) is 1. The molecule has 0 atom stereocenters. The second kappa shape index (κ2) is 4.05. The van der Waals surface area contributed by atoms with Gasteiger partial charge in [-0.15, -0.1) is 0 Å². The molecular formula is C12H17F3N2S. The maximum absolute atomic E-state index is 12.8. The highest BCUT2D eigenvalue weighted by Crippen LogP contribution is 2.53. The number of rotatable bonds is 1. The van der Waals surface area contributed by atoms with Crippen LogP contribution in [0.15, 0.2) is 4.99 Å². The Kier molecular flexibility index (Phi) is 2.84. The standard InChI is InChI=1S/C12H17F3N2S/c13-12(14,15)11(6-7-11)17-9-16-10(8-18-9)4-2-1-3-5-10/h1-8H2,(H,16,17). The van der Waals surface area contributed by atoms with Gasteiger partial charge in [0.2, 0.25) is 0 Å². The van der Waals surface area contributed by atoms with Crippen molar-refractivity contribution in [1.82, 2.24) is 5.32 Å². The molecule has 0 radical (unpaired) electrons. The van der Waals surface area contributed by atoms with Gasteiger partial charge in [-0.1, -0.05) is 31.0 Å². The van der Waals surface area contributed by atoms with Crippen LogP contribution in [0.2, 0.25) is 0 Å². The largest absolute Gasteiger partial charge is 0.413 e. The van der Waals surface area contributed by atoms with Crippen LogP contribution in [0.5, 0.6) is 0 Å². The van der Waals surface area contributed by atoms with Crippen molar-refractivity contribution in [3.8, 4) is 0 Å². The van der Waals surface area contributed by atoms with Gasteiger partial charge in [-0.3, -0.25) is 0 Å². The van der Waals surface area contributed by atoms with Gasteiger partial charge < -0.3 is 5.32 Å². The van der Waals surface area contributed by atoms with Crippen molar-refractivity contribution in [2.24, 2.45) is 4.99 Å². The van der Waals surface area contributed by atoms with Crippen LogP contribution >= 0.6 is 11.8 Å². The van der Waals surface area contributed by atoms with Gasteiger partial charge in [-0.25, -0.2) is 4.99 Å². The zero-order chi connectivity index (χ0) is 12.9. The van der Waals surface area contributed by atoms with Gasteiger partial charge >= 0.3 is 6.18 Å². The zero-order valence-electron chi connectivity index (χ0n) is 10.1. The third-order valence-electron chi connectivity index (χ3n) is 4.23. The maximum atomic E-state index is 12.8. The summed E-state index contributed by atoms with van der Waals surface area (Å²) in [6.45, 7) is 0. The first-order chi connectivity index (χ1) is 8.45. The van der Waals surface area contributed by atoms with Crippen molar-refractivity contribution in [2.75, 3.05) is 5.75 Å². The highest BCUT2D eigenvalue weighted by Gasteiger charge is 2.64. The number of alkyl halides is 3. The van der Waals surface area contributed by atoms with Crippen LogP contribution in [0, 0.1) is 0 Å². The van der Waals surface area contributed by atoms with Gasteiger partial charge in [0.05, 0.1) is 0 Å². The molecule has 1 saturated heterocycles. The second-order valence-electron chi connectivity index (χ2n) is 5.70. The van der Waals surface area contributed by atoms with E-state index in [2.05, 4.69) is 10.3 Å². The number of nitrogens with zero attached hydrogens (tertiary/aromatic N) is 1. The summed E-state index contributed by atoms with van der Waals surface area (Å²) in [6, 6.07) is 0. The third kappa shape index (κ3) is 2.12. The number of halogens is 3. The predicted molar refractivity (Wildman–Crippen MR) is 66.9 cm³/mol. The van der Waals surface area contributed by atoms with Crippen molar-refractivity contribution in [3.05, 3.63) is 0 Å². The molecule has 18 heavy (non-hydrogen) atoms. The molecule has 0 aromatic rings. The third-order valence-corrected chi connectivity index (χ3v) is 5.40. The van der Waals surface area contributed by atoms with E-state index >= 15 is 0 Å². The molecule has 0 unspecified atom stereocenters. The van der Waals surface area contributed by atoms with Crippen LogP contribution < -0.4 is 5.32 Å². The summed E-state index contributed by atoms with van der Waals surface area (Å²) < 4.78 is 38.5. The van der Waals surface area contributed by atoms with E-state index < -0.39 is 11.7 Å². The van der Waals surface area contributed by atoms with E-state index in [0.29, 0.717) is 5.17 Å². The van der Waals surface area contributed by atoms with Gasteiger partial charge in [-0.05, 0) is 25.7 Å². The summed E-state index contributed by atoms with van der Waals surface area (Å²) in [6.07, 6.45) is 1.83. The summed E-state index contributed by atoms with van der Waals surface area (Å²) >= 11 is 1.47. The number of amidine groups is 1. The topological polar surface area (TPSA) is 24.4 Å². The lowest BCUT2D eigenvalue weighted by atomic mass is 9.83. The molecule has 3 fully saturated rings. The molecule has 3 aliphatic rings. The molecule has 0 amide bonds. The SMILES string of the molecule is FC(F)(F)C1(N=C2NC3(CCCCC3)CS2)CC1. The van der Waals surface area contributed by atoms with Gasteiger partial charge in [0.15, 0.2) is 10.7 Å². The van der Waals surface area contributed by atoms with E-state index in [1.54, 1.807) is 0 Å². The zero-order valence-corrected chi connectivity index (χ0v) is 11.0. The normalized spacial score (nSPS) is 31.6. The highest BCUT2D eigenvalue weighted by atomic mass is 32.2. The Morgan fingerprint density at radius 3 is 2.28 bits per heavy atom. The van der Waals surface area contributed by atoms with E-state index in [9.17, 15) is 13.2 Å². The molecule has 2 aliphatic carbocycles. The number of thioether (sulfide) groups is 1. The van der Waals surface area contributed by atoms with Gasteiger partial charge in [-0.2, -0.15) is 13.2 Å². The maximum Gasteiger partial charge on any atom is 0.413 e. The number of aliphatic imine (C=N–C) groups is 1. The van der Waals surface area contributed by atoms with E-state index in [1.807, 2.05) is 0 Å². The van der Waals surface area contributed by atoms with E-state index in [-0.39, 0.29) is 18.4 Å². The Labute approximate surface area is 109 Å². The molecule has 2 nitrogen and oxygen atoms in total. The van der Waals surface area contributed by atoms with Gasteiger partial charge in [0, 0.05) is 11.3 Å². The van der Waals surface area contributed by atoms with Crippen molar-refractivity contribution in [3.63, 3.8) is 0 Å². The summed E-state index contributed by atoms with van der Waals surface area (Å²) in [4.78, 5) is 3.98. The molecule has 102 valence electrons. The van der Waals surface area contributed by atoms with Crippen LogP contribution in [-0.2, 0) is 0 Å². The Morgan fingerprint density at radius 2 is 1.72 bits per heavy atom. The average molecular weight is 278 g/mol. The molecular weight excluding hydrogens is 261 g/mol. The fourth-order valence-corrected chi connectivity index (χ4v) is 4.14. The number of hydrogen-bond acceptors (Lipinski definition) is 2. The lowest BCUT2D eigenvalue weighted by molar-refractivity contribution is -0.155. The van der Waals surface area contributed by atoms with Crippen LogP contribution in [0.1, 0.15) is 44.9 Å². The molecule has 2 saturated carbocycles. The van der Waals surface area contributed by atoms with Gasteiger partial charge in [0.1, 0.15) is 0 Å². The highest BCUT2D eigenvalue weighted by molar-refractivity contribution is 8.14. The van der Waals surface area contributed by atoms with E-state index in [1.165, 1.54) is 31.0 Å². The fourth-order valence-electron chi connectivity index (χ4n) is 2.84. The smallest absolute Gasteiger partial charge is 0.359 e. The molecule has 0 bridgehead atoms. The molecule has 0 aromatic carbocycles. The van der Waals surface area contributed by atoms with Crippen molar-refractivity contribution in [2.45, 2.75) is 62.2 Å². The minimum atomic E-state index is -4.19. The average Bonchev–Trinajstić information content (AvgIpc) is 2.99. The van der Waals surface area contributed by atoms with E-state index in [4.69, 9.17) is 0 Å². The number of nitrogens with one attached hydrogen (secondary N) is 1. The second-order valence-corrected chi connectivity index (χ2v) is 6.67. The molecule has 0 aromatic heterocycles. The summed E-state index contributed by atoms with van der Waals surface area (Å²) in [5, 5.41) is 3.81. The van der Waals surface area contributed by atoms with Crippen LogP contribution in [0.4, 0.5) is 13.2 Å². The van der Waals surface area contributed by atoms with Crippen molar-refractivity contribution in [1.29, 1.82) is 0 Å². The molecule has 1 N–H and O–H groups in total. The first-order valence-corrected chi connectivity index (χ1v) is 7.51. The van der Waals surface area contributed by atoms with E-state index in [0.717, 1.165) is 18.6 Å². The van der Waals surface area contributed by atoms with Crippen LogP contribution in [0.25, 0.3) is 0 Å². The molecule has 1 spiro atoms. The summed E-state index contributed by atoms with van der Waals surface area (Å²) in [5.74, 6) is 0.875. The Balaban J connectivity index is 1.72. The Bertz CT molecular complexity index is 368. The predicted octanol–water partition coefficient (Wildman–Crippen LogP) is 3.48.